The Bertz CT molecular complexity index is 381. The molecule has 0 unspecified atom stereocenters. The first-order chi connectivity index (χ1) is 8.63. The first-order valence-corrected chi connectivity index (χ1v) is 6.63. The van der Waals surface area contributed by atoms with Crippen LogP contribution in [0.15, 0.2) is 18.2 Å². The summed E-state index contributed by atoms with van der Waals surface area (Å²) in [7, 11) is 0. The van der Waals surface area contributed by atoms with Crippen molar-refractivity contribution in [2.24, 2.45) is 0 Å². The number of rotatable bonds is 7. The smallest absolute Gasteiger partial charge is 0.251 e. The molecule has 1 aromatic carbocycles. The molecule has 100 valence electrons. The Labute approximate surface area is 113 Å². The Morgan fingerprint density at radius 3 is 2.50 bits per heavy atom. The molecule has 1 amide bonds. The average molecular weight is 322 g/mol. The van der Waals surface area contributed by atoms with Crippen molar-refractivity contribution in [2.75, 3.05) is 25.1 Å². The van der Waals surface area contributed by atoms with Gasteiger partial charge in [-0.05, 0) is 18.6 Å². The molecule has 0 bridgehead atoms. The topological polar surface area (TPSA) is 38.3 Å². The van der Waals surface area contributed by atoms with Crippen LogP contribution in [0.5, 0.6) is 0 Å². The fraction of sp³-hybridized carbons (Fsp3) is 0.417. The maximum atomic E-state index is 12.9. The minimum atomic E-state index is -0.763. The number of benzene rings is 1. The Morgan fingerprint density at radius 1 is 1.22 bits per heavy atom. The second-order valence-corrected chi connectivity index (χ2v) is 4.36. The van der Waals surface area contributed by atoms with Gasteiger partial charge in [0.1, 0.15) is 11.6 Å². The lowest BCUT2D eigenvalue weighted by Crippen LogP contribution is -2.25. The third kappa shape index (κ3) is 5.55. The molecule has 0 spiro atoms. The van der Waals surface area contributed by atoms with Crippen LogP contribution in [-0.2, 0) is 4.74 Å². The number of amides is 1. The summed E-state index contributed by atoms with van der Waals surface area (Å²) in [4.78, 5) is 11.5. The van der Waals surface area contributed by atoms with E-state index in [2.05, 4.69) is 21.2 Å². The molecule has 0 aromatic heterocycles. The Hall–Kier alpha value is -1.01. The number of alkyl halides is 1. The summed E-state index contributed by atoms with van der Waals surface area (Å²) < 4.78 is 30.9. The van der Waals surface area contributed by atoms with E-state index in [9.17, 15) is 13.6 Å². The van der Waals surface area contributed by atoms with Crippen LogP contribution in [0.25, 0.3) is 0 Å². The van der Waals surface area contributed by atoms with Crippen LogP contribution in [0.3, 0.4) is 0 Å². The van der Waals surface area contributed by atoms with E-state index in [-0.39, 0.29) is 5.56 Å². The largest absolute Gasteiger partial charge is 0.381 e. The molecule has 0 saturated heterocycles. The van der Waals surface area contributed by atoms with Gasteiger partial charge in [-0.1, -0.05) is 15.9 Å². The van der Waals surface area contributed by atoms with Gasteiger partial charge in [0.2, 0.25) is 0 Å². The SMILES string of the molecule is O=C(NCCCOCCBr)c1cc(F)cc(F)c1. The van der Waals surface area contributed by atoms with E-state index < -0.39 is 17.5 Å². The van der Waals surface area contributed by atoms with Crippen LogP contribution < -0.4 is 5.32 Å². The van der Waals surface area contributed by atoms with Crippen LogP contribution in [0.4, 0.5) is 8.78 Å². The molecule has 1 N–H and O–H groups in total. The lowest BCUT2D eigenvalue weighted by Gasteiger charge is -2.06. The molecule has 1 rings (SSSR count). The summed E-state index contributed by atoms with van der Waals surface area (Å²) in [5, 5.41) is 3.33. The predicted molar refractivity (Wildman–Crippen MR) is 67.9 cm³/mol. The summed E-state index contributed by atoms with van der Waals surface area (Å²) in [5.74, 6) is -2.02. The van der Waals surface area contributed by atoms with Crippen molar-refractivity contribution in [3.05, 3.63) is 35.4 Å². The van der Waals surface area contributed by atoms with Crippen LogP contribution in [0.2, 0.25) is 0 Å². The van der Waals surface area contributed by atoms with Gasteiger partial charge in [0, 0.05) is 30.1 Å². The fourth-order valence-corrected chi connectivity index (χ4v) is 1.55. The summed E-state index contributed by atoms with van der Waals surface area (Å²) >= 11 is 3.22. The molecule has 0 radical (unpaired) electrons. The average Bonchev–Trinajstić information content (AvgIpc) is 2.32. The third-order valence-corrected chi connectivity index (χ3v) is 2.42. The van der Waals surface area contributed by atoms with Crippen LogP contribution in [0.1, 0.15) is 16.8 Å². The molecule has 3 nitrogen and oxygen atoms in total. The molecule has 0 heterocycles. The molecule has 0 aliphatic heterocycles. The molecule has 6 heteroatoms. The summed E-state index contributed by atoms with van der Waals surface area (Å²) in [6, 6.07) is 2.73. The van der Waals surface area contributed by atoms with Crippen molar-refractivity contribution in [1.29, 1.82) is 0 Å². The monoisotopic (exact) mass is 321 g/mol. The van der Waals surface area contributed by atoms with Crippen molar-refractivity contribution >= 4 is 21.8 Å². The highest BCUT2D eigenvalue weighted by Crippen LogP contribution is 2.07. The van der Waals surface area contributed by atoms with E-state index in [4.69, 9.17) is 4.74 Å². The zero-order chi connectivity index (χ0) is 13.4. The summed E-state index contributed by atoms with van der Waals surface area (Å²) in [6.45, 7) is 1.55. The second-order valence-electron chi connectivity index (χ2n) is 3.57. The fourth-order valence-electron chi connectivity index (χ4n) is 1.32. The zero-order valence-electron chi connectivity index (χ0n) is 9.72. The number of carbonyl (C=O) groups excluding carboxylic acids is 1. The van der Waals surface area contributed by atoms with Gasteiger partial charge in [0.15, 0.2) is 0 Å². The Balaban J connectivity index is 2.32. The molecule has 1 aromatic rings. The zero-order valence-corrected chi connectivity index (χ0v) is 11.3. The van der Waals surface area contributed by atoms with Gasteiger partial charge in [0.05, 0.1) is 6.61 Å². The van der Waals surface area contributed by atoms with Crippen molar-refractivity contribution in [3.63, 3.8) is 0 Å². The number of halogens is 3. The normalized spacial score (nSPS) is 10.4. The summed E-state index contributed by atoms with van der Waals surface area (Å²) in [6.07, 6.45) is 0.649. The first-order valence-electron chi connectivity index (χ1n) is 5.51. The molecular weight excluding hydrogens is 308 g/mol. The number of nitrogens with one attached hydrogen (secondary N) is 1. The van der Waals surface area contributed by atoms with Crippen molar-refractivity contribution in [3.8, 4) is 0 Å². The van der Waals surface area contributed by atoms with Crippen LogP contribution in [0, 0.1) is 11.6 Å². The van der Waals surface area contributed by atoms with Gasteiger partial charge < -0.3 is 10.1 Å². The molecular formula is C12H14BrF2NO2. The predicted octanol–water partition coefficient (Wildman–Crippen LogP) is 2.50. The van der Waals surface area contributed by atoms with E-state index in [1.54, 1.807) is 0 Å². The molecule has 0 aliphatic carbocycles. The minimum Gasteiger partial charge on any atom is -0.381 e. The highest BCUT2D eigenvalue weighted by Gasteiger charge is 2.08. The van der Waals surface area contributed by atoms with Gasteiger partial charge in [0.25, 0.3) is 5.91 Å². The van der Waals surface area contributed by atoms with E-state index >= 15 is 0 Å². The number of ether oxygens (including phenoxy) is 1. The number of hydrogen-bond acceptors (Lipinski definition) is 2. The summed E-state index contributed by atoms with van der Waals surface area (Å²) in [5.41, 5.74) is -0.0196. The minimum absolute atomic E-state index is 0.0196. The molecule has 0 fully saturated rings. The van der Waals surface area contributed by atoms with Crippen molar-refractivity contribution < 1.29 is 18.3 Å². The van der Waals surface area contributed by atoms with Crippen molar-refractivity contribution in [1.82, 2.24) is 5.32 Å². The molecule has 0 saturated carbocycles. The van der Waals surface area contributed by atoms with E-state index in [0.29, 0.717) is 26.2 Å². The standard InChI is InChI=1S/C12H14BrF2NO2/c13-2-5-18-4-1-3-16-12(17)9-6-10(14)8-11(15)7-9/h6-8H,1-5H2,(H,16,17). The Kier molecular flexibility index (Phi) is 6.82. The quantitative estimate of drug-likeness (QED) is 0.619. The second kappa shape index (κ2) is 8.16. The van der Waals surface area contributed by atoms with Crippen LogP contribution >= 0.6 is 15.9 Å². The highest BCUT2D eigenvalue weighted by atomic mass is 79.9. The first kappa shape index (κ1) is 15.0. The van der Waals surface area contributed by atoms with Gasteiger partial charge in [-0.3, -0.25) is 4.79 Å². The Morgan fingerprint density at radius 2 is 1.89 bits per heavy atom. The maximum absolute atomic E-state index is 12.9. The molecule has 18 heavy (non-hydrogen) atoms. The number of hydrogen-bond donors (Lipinski definition) is 1. The van der Waals surface area contributed by atoms with Crippen LogP contribution in [-0.4, -0.2) is 31.0 Å². The molecule has 0 aliphatic rings. The van der Waals surface area contributed by atoms with E-state index in [1.165, 1.54) is 0 Å². The lowest BCUT2D eigenvalue weighted by atomic mass is 10.2. The van der Waals surface area contributed by atoms with Gasteiger partial charge in [-0.2, -0.15) is 0 Å². The highest BCUT2D eigenvalue weighted by molar-refractivity contribution is 9.09. The van der Waals surface area contributed by atoms with Gasteiger partial charge in [-0.25, -0.2) is 8.78 Å². The number of carbonyl (C=O) groups is 1. The van der Waals surface area contributed by atoms with Gasteiger partial charge in [-0.15, -0.1) is 0 Å². The van der Waals surface area contributed by atoms with Crippen molar-refractivity contribution in [2.45, 2.75) is 6.42 Å². The van der Waals surface area contributed by atoms with E-state index in [1.807, 2.05) is 0 Å². The lowest BCUT2D eigenvalue weighted by molar-refractivity contribution is 0.0943. The molecule has 0 atom stereocenters. The van der Waals surface area contributed by atoms with Gasteiger partial charge >= 0.3 is 0 Å². The third-order valence-electron chi connectivity index (χ3n) is 2.10. The van der Waals surface area contributed by atoms with E-state index in [0.717, 1.165) is 23.5 Å². The maximum Gasteiger partial charge on any atom is 0.251 e.